The zero-order valence-corrected chi connectivity index (χ0v) is 7.80. The van der Waals surface area contributed by atoms with Gasteiger partial charge in [0.05, 0.1) is 18.6 Å². The Labute approximate surface area is 83.7 Å². The van der Waals surface area contributed by atoms with E-state index in [2.05, 4.69) is 4.42 Å². The van der Waals surface area contributed by atoms with Crippen molar-refractivity contribution in [3.63, 3.8) is 0 Å². The number of hydrogen-bond acceptors (Lipinski definition) is 3. The number of halogens is 3. The number of hydrogen-bond donors (Lipinski definition) is 1. The van der Waals surface area contributed by atoms with Crippen LogP contribution in [0.3, 0.4) is 0 Å². The Balaban J connectivity index is 3.13. The first-order valence-corrected chi connectivity index (χ1v) is 4.08. The predicted molar refractivity (Wildman–Crippen MR) is 43.6 cm³/mol. The molecule has 0 saturated carbocycles. The summed E-state index contributed by atoms with van der Waals surface area (Å²) in [5.41, 5.74) is -0.387. The third-order valence-corrected chi connectivity index (χ3v) is 1.79. The van der Waals surface area contributed by atoms with E-state index in [9.17, 15) is 18.3 Å². The highest BCUT2D eigenvalue weighted by Crippen LogP contribution is 2.37. The van der Waals surface area contributed by atoms with Gasteiger partial charge in [0.15, 0.2) is 0 Å². The Kier molecular flexibility index (Phi) is 3.05. The van der Waals surface area contributed by atoms with Crippen LogP contribution >= 0.6 is 0 Å². The maximum Gasteiger partial charge on any atom is 0.449 e. The molecule has 6 heteroatoms. The van der Waals surface area contributed by atoms with Crippen LogP contribution < -0.4 is 0 Å². The van der Waals surface area contributed by atoms with E-state index in [1.165, 1.54) is 6.92 Å². The molecule has 0 fully saturated rings. The van der Waals surface area contributed by atoms with Gasteiger partial charge in [0.25, 0.3) is 0 Å². The molecule has 1 aromatic heterocycles. The summed E-state index contributed by atoms with van der Waals surface area (Å²) in [5, 5.41) is 17.6. The molecule has 82 valence electrons. The van der Waals surface area contributed by atoms with Gasteiger partial charge in [-0.1, -0.05) is 0 Å². The van der Waals surface area contributed by atoms with Crippen LogP contribution in [0.5, 0.6) is 0 Å². The predicted octanol–water partition coefficient (Wildman–Crippen LogP) is 2.55. The number of nitrogens with zero attached hydrogens (tertiary/aromatic N) is 1. The minimum absolute atomic E-state index is 0.0503. The van der Waals surface area contributed by atoms with Crippen molar-refractivity contribution in [2.45, 2.75) is 25.6 Å². The summed E-state index contributed by atoms with van der Waals surface area (Å²) in [7, 11) is 0. The first-order chi connectivity index (χ1) is 6.86. The lowest BCUT2D eigenvalue weighted by molar-refractivity contribution is -0.155. The highest BCUT2D eigenvalue weighted by atomic mass is 19.4. The van der Waals surface area contributed by atoms with Gasteiger partial charge in [0, 0.05) is 5.56 Å². The van der Waals surface area contributed by atoms with Gasteiger partial charge in [0.1, 0.15) is 5.76 Å². The first-order valence-electron chi connectivity index (χ1n) is 4.08. The molecule has 1 aromatic rings. The van der Waals surface area contributed by atoms with Crippen molar-refractivity contribution < 1.29 is 22.7 Å². The van der Waals surface area contributed by atoms with Gasteiger partial charge in [-0.05, 0) is 13.0 Å². The van der Waals surface area contributed by atoms with Crippen LogP contribution in [-0.4, -0.2) is 5.11 Å². The normalized spacial score (nSPS) is 13.6. The van der Waals surface area contributed by atoms with E-state index in [-0.39, 0.29) is 11.3 Å². The number of aliphatic hydroxyl groups excluding tert-OH is 1. The quantitative estimate of drug-likeness (QED) is 0.831. The lowest BCUT2D eigenvalue weighted by Crippen LogP contribution is -2.09. The van der Waals surface area contributed by atoms with Crippen molar-refractivity contribution in [2.24, 2.45) is 0 Å². The average molecular weight is 219 g/mol. The summed E-state index contributed by atoms with van der Waals surface area (Å²) >= 11 is 0. The Hall–Kier alpha value is -1.48. The van der Waals surface area contributed by atoms with Crippen LogP contribution in [-0.2, 0) is 6.18 Å². The van der Waals surface area contributed by atoms with Crippen LogP contribution in [0.1, 0.15) is 29.6 Å². The van der Waals surface area contributed by atoms with Crippen molar-refractivity contribution in [1.82, 2.24) is 0 Å². The van der Waals surface area contributed by atoms with Crippen LogP contribution in [0.15, 0.2) is 10.5 Å². The molecule has 0 aliphatic carbocycles. The molecular formula is C9H8F3NO2. The van der Waals surface area contributed by atoms with Crippen LogP contribution in [0.2, 0.25) is 0 Å². The van der Waals surface area contributed by atoms with E-state index < -0.39 is 24.5 Å². The number of aryl methyl sites for hydroxylation is 1. The van der Waals surface area contributed by atoms with E-state index in [0.29, 0.717) is 0 Å². The van der Waals surface area contributed by atoms with Crippen molar-refractivity contribution in [3.05, 3.63) is 23.2 Å². The van der Waals surface area contributed by atoms with Crippen molar-refractivity contribution >= 4 is 0 Å². The third-order valence-electron chi connectivity index (χ3n) is 1.79. The molecule has 1 rings (SSSR count). The summed E-state index contributed by atoms with van der Waals surface area (Å²) in [4.78, 5) is 0. The standard InChI is InChI=1S/C9H8F3NO2/c1-5-4-6(7(14)2-3-13)8(15-5)9(10,11)12/h4,7,14H,2H2,1H3. The Morgan fingerprint density at radius 2 is 2.20 bits per heavy atom. The SMILES string of the molecule is Cc1cc(C(O)CC#N)c(C(F)(F)F)o1. The molecule has 0 aliphatic rings. The topological polar surface area (TPSA) is 57.2 Å². The van der Waals surface area contributed by atoms with Gasteiger partial charge in [-0.15, -0.1) is 0 Å². The average Bonchev–Trinajstić information content (AvgIpc) is 2.47. The van der Waals surface area contributed by atoms with E-state index >= 15 is 0 Å². The monoisotopic (exact) mass is 219 g/mol. The fraction of sp³-hybridized carbons (Fsp3) is 0.444. The van der Waals surface area contributed by atoms with Gasteiger partial charge in [-0.2, -0.15) is 18.4 Å². The third kappa shape index (κ3) is 2.50. The Bertz CT molecular complexity index is 389. The lowest BCUT2D eigenvalue weighted by atomic mass is 10.1. The summed E-state index contributed by atoms with van der Waals surface area (Å²) < 4.78 is 41.6. The maximum absolute atomic E-state index is 12.4. The largest absolute Gasteiger partial charge is 0.456 e. The van der Waals surface area contributed by atoms with Crippen molar-refractivity contribution in [1.29, 1.82) is 5.26 Å². The molecule has 0 aromatic carbocycles. The van der Waals surface area contributed by atoms with Gasteiger partial charge < -0.3 is 9.52 Å². The summed E-state index contributed by atoms with van der Waals surface area (Å²) in [5.74, 6) is -1.18. The van der Waals surface area contributed by atoms with Gasteiger partial charge in [0.2, 0.25) is 5.76 Å². The molecule has 1 atom stereocenters. The molecule has 1 N–H and O–H groups in total. The molecule has 15 heavy (non-hydrogen) atoms. The second-order valence-electron chi connectivity index (χ2n) is 3.02. The number of furan rings is 1. The van der Waals surface area contributed by atoms with Gasteiger partial charge in [-0.3, -0.25) is 0 Å². The number of alkyl halides is 3. The van der Waals surface area contributed by atoms with E-state index in [0.717, 1.165) is 6.07 Å². The number of aliphatic hydroxyl groups is 1. The fourth-order valence-electron chi connectivity index (χ4n) is 1.20. The van der Waals surface area contributed by atoms with Gasteiger partial charge in [-0.25, -0.2) is 0 Å². The lowest BCUT2D eigenvalue weighted by Gasteiger charge is -2.08. The Morgan fingerprint density at radius 1 is 1.60 bits per heavy atom. The first kappa shape index (κ1) is 11.6. The van der Waals surface area contributed by atoms with Crippen LogP contribution in [0, 0.1) is 18.3 Å². The molecule has 0 bridgehead atoms. The zero-order chi connectivity index (χ0) is 11.6. The second kappa shape index (κ2) is 3.95. The fourth-order valence-corrected chi connectivity index (χ4v) is 1.20. The molecular weight excluding hydrogens is 211 g/mol. The van der Waals surface area contributed by atoms with Crippen LogP contribution in [0.4, 0.5) is 13.2 Å². The van der Waals surface area contributed by atoms with Crippen LogP contribution in [0.25, 0.3) is 0 Å². The smallest absolute Gasteiger partial charge is 0.449 e. The summed E-state index contributed by atoms with van der Waals surface area (Å²) in [6.07, 6.45) is -6.52. The molecule has 0 spiro atoms. The van der Waals surface area contributed by atoms with E-state index in [1.807, 2.05) is 0 Å². The van der Waals surface area contributed by atoms with Gasteiger partial charge >= 0.3 is 6.18 Å². The zero-order valence-electron chi connectivity index (χ0n) is 7.80. The minimum atomic E-state index is -4.65. The highest BCUT2D eigenvalue weighted by molar-refractivity contribution is 5.26. The van der Waals surface area contributed by atoms with E-state index in [4.69, 9.17) is 5.26 Å². The maximum atomic E-state index is 12.4. The molecule has 0 aliphatic heterocycles. The molecule has 0 radical (unpaired) electrons. The van der Waals surface area contributed by atoms with E-state index in [1.54, 1.807) is 6.07 Å². The summed E-state index contributed by atoms with van der Waals surface area (Å²) in [6.45, 7) is 1.35. The molecule has 1 heterocycles. The highest BCUT2D eigenvalue weighted by Gasteiger charge is 2.39. The molecule has 3 nitrogen and oxygen atoms in total. The summed E-state index contributed by atoms with van der Waals surface area (Å²) in [6, 6.07) is 2.68. The number of rotatable bonds is 2. The minimum Gasteiger partial charge on any atom is -0.456 e. The molecule has 0 saturated heterocycles. The molecule has 0 amide bonds. The Morgan fingerprint density at radius 3 is 2.67 bits per heavy atom. The number of nitriles is 1. The van der Waals surface area contributed by atoms with Crippen molar-refractivity contribution in [3.8, 4) is 6.07 Å². The van der Waals surface area contributed by atoms with Crippen molar-refractivity contribution in [2.75, 3.05) is 0 Å². The second-order valence-corrected chi connectivity index (χ2v) is 3.02. The molecule has 1 unspecified atom stereocenters.